The van der Waals surface area contributed by atoms with Gasteiger partial charge in [-0.15, -0.1) is 11.3 Å². The molecule has 1 atom stereocenters. The largest absolute Gasteiger partial charge is 0.380 e. The highest BCUT2D eigenvalue weighted by atomic mass is 32.1. The van der Waals surface area contributed by atoms with E-state index in [0.717, 1.165) is 32.7 Å². The standard InChI is InChI=1S/C18H16N4O4S/c1-9-7-11(8-26-2)13-14-15(27-18(13)19-9)17(23)21-16(20-14)10-3-5-12(6-4-10)22(24)25/h3-7,16,20H,8H2,1-2H3,(H,21,23)/t16-/m1/s1. The molecule has 0 saturated heterocycles. The topological polar surface area (TPSA) is 106 Å². The lowest BCUT2D eigenvalue weighted by Crippen LogP contribution is -2.37. The number of ether oxygens (including phenoxy) is 1. The zero-order chi connectivity index (χ0) is 19.1. The summed E-state index contributed by atoms with van der Waals surface area (Å²) in [4.78, 5) is 29.0. The number of carbonyl (C=O) groups is 1. The Balaban J connectivity index is 1.78. The van der Waals surface area contributed by atoms with E-state index in [1.165, 1.54) is 23.5 Å². The molecule has 8 nitrogen and oxygen atoms in total. The first-order chi connectivity index (χ1) is 13.0. The van der Waals surface area contributed by atoms with Gasteiger partial charge in [-0.2, -0.15) is 0 Å². The third-order valence-electron chi connectivity index (χ3n) is 4.38. The van der Waals surface area contributed by atoms with Gasteiger partial charge in [0.2, 0.25) is 0 Å². The summed E-state index contributed by atoms with van der Waals surface area (Å²) in [7, 11) is 1.63. The van der Waals surface area contributed by atoms with Crippen LogP contribution in [0.5, 0.6) is 0 Å². The highest BCUT2D eigenvalue weighted by Gasteiger charge is 2.30. The molecule has 1 aliphatic rings. The SMILES string of the molecule is COCc1cc(C)nc2sc3c(c12)N[C@@H](c1ccc([N+](=O)[O-])cc1)NC3=O. The number of anilines is 1. The number of aromatic nitrogens is 1. The van der Waals surface area contributed by atoms with Gasteiger partial charge in [-0.3, -0.25) is 14.9 Å². The minimum absolute atomic E-state index is 0.00427. The predicted octanol–water partition coefficient (Wildman–Crippen LogP) is 3.51. The quantitative estimate of drug-likeness (QED) is 0.527. The molecule has 0 spiro atoms. The van der Waals surface area contributed by atoms with Gasteiger partial charge in [-0.25, -0.2) is 4.98 Å². The maximum Gasteiger partial charge on any atom is 0.269 e. The Hall–Kier alpha value is -3.04. The Morgan fingerprint density at radius 1 is 1.30 bits per heavy atom. The molecule has 1 aliphatic heterocycles. The number of nitro groups is 1. The highest BCUT2D eigenvalue weighted by molar-refractivity contribution is 7.21. The zero-order valence-electron chi connectivity index (χ0n) is 14.6. The second-order valence-electron chi connectivity index (χ2n) is 6.24. The van der Waals surface area contributed by atoms with Crippen molar-refractivity contribution in [3.63, 3.8) is 0 Å². The van der Waals surface area contributed by atoms with Gasteiger partial charge >= 0.3 is 0 Å². The number of rotatable bonds is 4. The van der Waals surface area contributed by atoms with Crippen molar-refractivity contribution in [2.45, 2.75) is 19.7 Å². The first kappa shape index (κ1) is 17.4. The average Bonchev–Trinajstić information content (AvgIpc) is 3.01. The minimum atomic E-state index is -0.486. The Morgan fingerprint density at radius 2 is 2.04 bits per heavy atom. The van der Waals surface area contributed by atoms with Crippen LogP contribution in [0.1, 0.15) is 32.7 Å². The van der Waals surface area contributed by atoms with Gasteiger partial charge in [-0.1, -0.05) is 0 Å². The maximum absolute atomic E-state index is 12.7. The normalized spacial score (nSPS) is 15.9. The van der Waals surface area contributed by atoms with Crippen molar-refractivity contribution in [3.05, 3.63) is 62.1 Å². The first-order valence-electron chi connectivity index (χ1n) is 8.21. The summed E-state index contributed by atoms with van der Waals surface area (Å²) in [6.07, 6.45) is -0.486. The van der Waals surface area contributed by atoms with E-state index in [1.807, 2.05) is 13.0 Å². The van der Waals surface area contributed by atoms with Crippen LogP contribution in [-0.4, -0.2) is 22.9 Å². The fourth-order valence-electron chi connectivity index (χ4n) is 3.21. The van der Waals surface area contributed by atoms with E-state index in [9.17, 15) is 14.9 Å². The van der Waals surface area contributed by atoms with Gasteiger partial charge < -0.3 is 15.4 Å². The number of hydrogen-bond acceptors (Lipinski definition) is 7. The van der Waals surface area contributed by atoms with Crippen LogP contribution < -0.4 is 10.6 Å². The molecule has 3 aromatic rings. The highest BCUT2D eigenvalue weighted by Crippen LogP contribution is 2.41. The van der Waals surface area contributed by atoms with Gasteiger partial charge in [0.05, 0.1) is 17.2 Å². The lowest BCUT2D eigenvalue weighted by atomic mass is 10.1. The van der Waals surface area contributed by atoms with E-state index < -0.39 is 11.1 Å². The van der Waals surface area contributed by atoms with E-state index in [1.54, 1.807) is 19.2 Å². The Kier molecular flexibility index (Phi) is 4.25. The van der Waals surface area contributed by atoms with Crippen molar-refractivity contribution in [1.29, 1.82) is 0 Å². The minimum Gasteiger partial charge on any atom is -0.380 e. The third-order valence-corrected chi connectivity index (χ3v) is 5.46. The summed E-state index contributed by atoms with van der Waals surface area (Å²) in [5.74, 6) is -0.198. The number of nitrogens with zero attached hydrogens (tertiary/aromatic N) is 2. The second-order valence-corrected chi connectivity index (χ2v) is 7.24. The molecule has 4 rings (SSSR count). The molecule has 0 aliphatic carbocycles. The number of carbonyl (C=O) groups excluding carboxylic acids is 1. The Labute approximate surface area is 158 Å². The number of aryl methyl sites for hydroxylation is 1. The van der Waals surface area contributed by atoms with Crippen molar-refractivity contribution in [3.8, 4) is 0 Å². The van der Waals surface area contributed by atoms with Gasteiger partial charge in [0, 0.05) is 30.3 Å². The number of fused-ring (bicyclic) bond motifs is 3. The van der Waals surface area contributed by atoms with Gasteiger partial charge in [0.15, 0.2) is 0 Å². The van der Waals surface area contributed by atoms with Crippen molar-refractivity contribution in [2.75, 3.05) is 12.4 Å². The van der Waals surface area contributed by atoms with Crippen LogP contribution in [-0.2, 0) is 11.3 Å². The predicted molar refractivity (Wildman–Crippen MR) is 102 cm³/mol. The number of nitro benzene ring substituents is 1. The number of pyridine rings is 1. The number of non-ortho nitro benzene ring substituents is 1. The smallest absolute Gasteiger partial charge is 0.269 e. The van der Waals surface area contributed by atoms with Gasteiger partial charge in [0.1, 0.15) is 15.9 Å². The van der Waals surface area contributed by atoms with Crippen LogP contribution in [0.4, 0.5) is 11.4 Å². The van der Waals surface area contributed by atoms with E-state index >= 15 is 0 Å². The lowest BCUT2D eigenvalue weighted by Gasteiger charge is -2.26. The molecule has 2 aromatic heterocycles. The summed E-state index contributed by atoms with van der Waals surface area (Å²) >= 11 is 1.34. The molecule has 0 unspecified atom stereocenters. The third kappa shape index (κ3) is 3.00. The van der Waals surface area contributed by atoms with Crippen LogP contribution in [0.25, 0.3) is 10.2 Å². The summed E-state index contributed by atoms with van der Waals surface area (Å²) in [6, 6.07) is 8.06. The fraction of sp³-hybridized carbons (Fsp3) is 0.222. The molecule has 0 saturated carbocycles. The van der Waals surface area contributed by atoms with Gasteiger partial charge in [-0.05, 0) is 36.2 Å². The molecule has 9 heteroatoms. The number of nitrogens with one attached hydrogen (secondary N) is 2. The maximum atomic E-state index is 12.7. The van der Waals surface area contributed by atoms with Crippen LogP contribution in [0.15, 0.2) is 30.3 Å². The molecule has 3 heterocycles. The number of benzene rings is 1. The van der Waals surface area contributed by atoms with Crippen molar-refractivity contribution >= 4 is 38.8 Å². The number of hydrogen-bond donors (Lipinski definition) is 2. The van der Waals surface area contributed by atoms with Crippen LogP contribution in [0.3, 0.4) is 0 Å². The van der Waals surface area contributed by atoms with E-state index in [4.69, 9.17) is 4.74 Å². The monoisotopic (exact) mass is 384 g/mol. The molecule has 27 heavy (non-hydrogen) atoms. The molecule has 1 amide bonds. The van der Waals surface area contributed by atoms with Crippen molar-refractivity contribution in [2.24, 2.45) is 0 Å². The van der Waals surface area contributed by atoms with Crippen LogP contribution in [0.2, 0.25) is 0 Å². The molecule has 0 radical (unpaired) electrons. The fourth-order valence-corrected chi connectivity index (χ4v) is 4.34. The second kappa shape index (κ2) is 6.60. The summed E-state index contributed by atoms with van der Waals surface area (Å²) < 4.78 is 5.31. The molecule has 0 fully saturated rings. The Bertz CT molecular complexity index is 1060. The van der Waals surface area contributed by atoms with Crippen molar-refractivity contribution in [1.82, 2.24) is 10.3 Å². The number of methoxy groups -OCH3 is 1. The molecular weight excluding hydrogens is 368 g/mol. The molecule has 1 aromatic carbocycles. The lowest BCUT2D eigenvalue weighted by molar-refractivity contribution is -0.384. The molecule has 2 N–H and O–H groups in total. The van der Waals surface area contributed by atoms with Gasteiger partial charge in [0.25, 0.3) is 11.6 Å². The van der Waals surface area contributed by atoms with Crippen molar-refractivity contribution < 1.29 is 14.5 Å². The summed E-state index contributed by atoms with van der Waals surface area (Å²) in [5, 5.41) is 18.0. The van der Waals surface area contributed by atoms with Crippen LogP contribution >= 0.6 is 11.3 Å². The Morgan fingerprint density at radius 3 is 2.70 bits per heavy atom. The first-order valence-corrected chi connectivity index (χ1v) is 9.03. The molecule has 0 bridgehead atoms. The number of thiophene rings is 1. The summed E-state index contributed by atoms with van der Waals surface area (Å²) in [6.45, 7) is 2.32. The van der Waals surface area contributed by atoms with E-state index in [-0.39, 0.29) is 11.6 Å². The summed E-state index contributed by atoms with van der Waals surface area (Å²) in [5.41, 5.74) is 3.28. The molecule has 138 valence electrons. The van der Waals surface area contributed by atoms with E-state index in [2.05, 4.69) is 15.6 Å². The average molecular weight is 384 g/mol. The molecular formula is C18H16N4O4S. The number of amides is 1. The zero-order valence-corrected chi connectivity index (χ0v) is 15.4. The van der Waals surface area contributed by atoms with E-state index in [0.29, 0.717) is 11.5 Å². The van der Waals surface area contributed by atoms with Crippen LogP contribution in [0, 0.1) is 17.0 Å².